The summed E-state index contributed by atoms with van der Waals surface area (Å²) >= 11 is 18.3. The summed E-state index contributed by atoms with van der Waals surface area (Å²) in [5, 5.41) is 3.96. The van der Waals surface area contributed by atoms with Crippen LogP contribution in [0.1, 0.15) is 38.3 Å². The number of hydrogen-bond acceptors (Lipinski definition) is 4. The second-order valence-corrected chi connectivity index (χ2v) is 12.7. The first-order chi connectivity index (χ1) is 18.8. The number of carbonyl (C=O) groups is 2. The second kappa shape index (κ2) is 13.7. The zero-order valence-electron chi connectivity index (χ0n) is 22.7. The van der Waals surface area contributed by atoms with Gasteiger partial charge in [-0.25, -0.2) is 8.42 Å². The fraction of sp³-hybridized carbons (Fsp3) is 0.310. The minimum Gasteiger partial charge on any atom is -0.352 e. The molecule has 0 unspecified atom stereocenters. The molecule has 0 aliphatic carbocycles. The summed E-state index contributed by atoms with van der Waals surface area (Å²) in [6.45, 7) is 6.71. The monoisotopic (exact) mass is 623 g/mol. The van der Waals surface area contributed by atoms with Crippen LogP contribution in [0.4, 0.5) is 5.69 Å². The van der Waals surface area contributed by atoms with Gasteiger partial charge in [-0.15, -0.1) is 0 Å². The summed E-state index contributed by atoms with van der Waals surface area (Å²) in [7, 11) is -4.16. The Kier molecular flexibility index (Phi) is 10.9. The maximum absolute atomic E-state index is 13.9. The van der Waals surface area contributed by atoms with Crippen LogP contribution in [0.25, 0.3) is 0 Å². The zero-order chi connectivity index (χ0) is 29.6. The van der Waals surface area contributed by atoms with Gasteiger partial charge in [0.25, 0.3) is 10.0 Å². The molecule has 0 radical (unpaired) electrons. The molecule has 0 spiro atoms. The predicted molar refractivity (Wildman–Crippen MR) is 162 cm³/mol. The van der Waals surface area contributed by atoms with Crippen molar-refractivity contribution >= 4 is 62.3 Å². The highest BCUT2D eigenvalue weighted by Crippen LogP contribution is 2.27. The number of nitrogens with zero attached hydrogens (tertiary/aromatic N) is 2. The molecule has 2 amide bonds. The fourth-order valence-corrected chi connectivity index (χ4v) is 5.72. The Morgan fingerprint density at radius 3 is 2.10 bits per heavy atom. The molecule has 0 aromatic heterocycles. The molecule has 7 nitrogen and oxygen atoms in total. The van der Waals surface area contributed by atoms with Gasteiger partial charge in [0.15, 0.2) is 0 Å². The van der Waals surface area contributed by atoms with Gasteiger partial charge in [0, 0.05) is 17.6 Å². The van der Waals surface area contributed by atoms with E-state index in [1.165, 1.54) is 29.2 Å². The number of sulfonamides is 1. The van der Waals surface area contributed by atoms with E-state index in [4.69, 9.17) is 34.8 Å². The zero-order valence-corrected chi connectivity index (χ0v) is 25.8. The molecular formula is C29H32Cl3N3O4S. The highest BCUT2D eigenvalue weighted by molar-refractivity contribution is 7.92. The summed E-state index contributed by atoms with van der Waals surface area (Å²) in [6.07, 6.45) is 0.707. The van der Waals surface area contributed by atoms with Crippen molar-refractivity contribution < 1.29 is 18.0 Å². The van der Waals surface area contributed by atoms with Crippen molar-refractivity contribution in [3.63, 3.8) is 0 Å². The quantitative estimate of drug-likeness (QED) is 0.265. The smallest absolute Gasteiger partial charge is 0.264 e. The molecule has 40 heavy (non-hydrogen) atoms. The minimum absolute atomic E-state index is 0.00382. The van der Waals surface area contributed by atoms with Crippen LogP contribution in [0.2, 0.25) is 15.1 Å². The van der Waals surface area contributed by atoms with Gasteiger partial charge < -0.3 is 10.2 Å². The highest BCUT2D eigenvalue weighted by atomic mass is 35.5. The van der Waals surface area contributed by atoms with E-state index in [0.717, 1.165) is 9.87 Å². The Morgan fingerprint density at radius 2 is 1.52 bits per heavy atom. The molecule has 0 saturated heterocycles. The van der Waals surface area contributed by atoms with E-state index in [0.29, 0.717) is 27.1 Å². The molecule has 0 bridgehead atoms. The lowest BCUT2D eigenvalue weighted by Gasteiger charge is -2.32. The Balaban J connectivity index is 2.03. The molecule has 3 aromatic rings. The van der Waals surface area contributed by atoms with Gasteiger partial charge in [0.1, 0.15) is 12.6 Å². The van der Waals surface area contributed by atoms with Crippen LogP contribution in [-0.2, 0) is 26.2 Å². The maximum Gasteiger partial charge on any atom is 0.264 e. The second-order valence-electron chi connectivity index (χ2n) is 9.57. The minimum atomic E-state index is -4.16. The lowest BCUT2D eigenvalue weighted by atomic mass is 10.1. The SMILES string of the molecule is CC[C@@H](C)NC(=O)[C@H](C)N(Cc1ccc(Cl)c(Cl)c1)C(=O)CN(c1ccc(Cl)cc1)S(=O)(=O)c1ccc(C)cc1. The molecule has 1 N–H and O–H groups in total. The molecule has 3 aromatic carbocycles. The summed E-state index contributed by atoms with van der Waals surface area (Å²) < 4.78 is 28.7. The topological polar surface area (TPSA) is 86.8 Å². The van der Waals surface area contributed by atoms with E-state index in [1.807, 2.05) is 20.8 Å². The predicted octanol–water partition coefficient (Wildman–Crippen LogP) is 6.48. The standard InChI is InChI=1S/C29H32Cl3N3O4S/c1-5-20(3)33-29(37)21(4)34(17-22-8-15-26(31)27(32)16-22)28(36)18-35(24-11-9-23(30)10-12-24)40(38,39)25-13-6-19(2)7-14-25/h6-16,20-21H,5,17-18H2,1-4H3,(H,33,37)/t20-,21+/m1/s1. The van der Waals surface area contributed by atoms with Crippen LogP contribution in [0.3, 0.4) is 0 Å². The first kappa shape index (κ1) is 31.7. The van der Waals surface area contributed by atoms with Crippen LogP contribution in [-0.4, -0.2) is 43.8 Å². The molecule has 0 fully saturated rings. The number of anilines is 1. The number of hydrogen-bond donors (Lipinski definition) is 1. The van der Waals surface area contributed by atoms with Gasteiger partial charge in [-0.3, -0.25) is 13.9 Å². The van der Waals surface area contributed by atoms with Crippen LogP contribution < -0.4 is 9.62 Å². The van der Waals surface area contributed by atoms with E-state index < -0.39 is 28.5 Å². The molecule has 0 heterocycles. The van der Waals surface area contributed by atoms with Gasteiger partial charge in [-0.05, 0) is 81.3 Å². The van der Waals surface area contributed by atoms with Crippen LogP contribution >= 0.6 is 34.8 Å². The van der Waals surface area contributed by atoms with Crippen LogP contribution in [0.5, 0.6) is 0 Å². The number of halogens is 3. The van der Waals surface area contributed by atoms with Crippen molar-refractivity contribution in [2.75, 3.05) is 10.8 Å². The van der Waals surface area contributed by atoms with Gasteiger partial charge >= 0.3 is 0 Å². The maximum atomic E-state index is 13.9. The number of rotatable bonds is 11. The third-order valence-corrected chi connectivity index (χ3v) is 9.29. The van der Waals surface area contributed by atoms with Crippen molar-refractivity contribution in [1.82, 2.24) is 10.2 Å². The molecule has 0 saturated carbocycles. The van der Waals surface area contributed by atoms with E-state index in [2.05, 4.69) is 5.32 Å². The van der Waals surface area contributed by atoms with Gasteiger partial charge in [-0.2, -0.15) is 0 Å². The average Bonchev–Trinajstić information content (AvgIpc) is 2.92. The Labute approximate surface area is 251 Å². The van der Waals surface area contributed by atoms with E-state index in [9.17, 15) is 18.0 Å². The van der Waals surface area contributed by atoms with Crippen molar-refractivity contribution in [3.8, 4) is 0 Å². The summed E-state index contributed by atoms with van der Waals surface area (Å²) in [5.74, 6) is -0.939. The number of amides is 2. The number of benzene rings is 3. The van der Waals surface area contributed by atoms with Crippen molar-refractivity contribution in [1.29, 1.82) is 0 Å². The Hall–Kier alpha value is -2.78. The van der Waals surface area contributed by atoms with Crippen molar-refractivity contribution in [3.05, 3.63) is 92.9 Å². The Bertz CT molecular complexity index is 1450. The largest absolute Gasteiger partial charge is 0.352 e. The van der Waals surface area contributed by atoms with Crippen molar-refractivity contribution in [2.45, 2.75) is 57.6 Å². The van der Waals surface area contributed by atoms with Crippen molar-refractivity contribution in [2.24, 2.45) is 0 Å². The Morgan fingerprint density at radius 1 is 0.900 bits per heavy atom. The number of nitrogens with one attached hydrogen (secondary N) is 1. The molecule has 11 heteroatoms. The average molecular weight is 625 g/mol. The molecule has 3 rings (SSSR count). The number of aryl methyl sites for hydroxylation is 1. The van der Waals surface area contributed by atoms with Crippen LogP contribution in [0.15, 0.2) is 71.6 Å². The molecule has 214 valence electrons. The lowest BCUT2D eigenvalue weighted by molar-refractivity contribution is -0.139. The summed E-state index contributed by atoms with van der Waals surface area (Å²) in [5.41, 5.74) is 1.77. The van der Waals surface area contributed by atoms with E-state index in [-0.39, 0.29) is 29.1 Å². The third-order valence-electron chi connectivity index (χ3n) is 6.51. The molecule has 0 aliphatic heterocycles. The number of carbonyl (C=O) groups excluding carboxylic acids is 2. The lowest BCUT2D eigenvalue weighted by Crippen LogP contribution is -2.52. The summed E-state index contributed by atoms with van der Waals surface area (Å²) in [6, 6.07) is 16.4. The summed E-state index contributed by atoms with van der Waals surface area (Å²) in [4.78, 5) is 28.4. The molecular weight excluding hydrogens is 593 g/mol. The first-order valence-electron chi connectivity index (χ1n) is 12.7. The van der Waals surface area contributed by atoms with E-state index >= 15 is 0 Å². The van der Waals surface area contributed by atoms with Crippen LogP contribution in [0, 0.1) is 6.92 Å². The molecule has 2 atom stereocenters. The normalized spacial score (nSPS) is 12.9. The van der Waals surface area contributed by atoms with Gasteiger partial charge in [0.05, 0.1) is 20.6 Å². The van der Waals surface area contributed by atoms with Gasteiger partial charge in [-0.1, -0.05) is 65.5 Å². The third kappa shape index (κ3) is 7.91. The van der Waals surface area contributed by atoms with Gasteiger partial charge in [0.2, 0.25) is 11.8 Å². The van der Waals surface area contributed by atoms with E-state index in [1.54, 1.807) is 49.4 Å². The highest BCUT2D eigenvalue weighted by Gasteiger charge is 2.32. The molecule has 0 aliphatic rings. The first-order valence-corrected chi connectivity index (χ1v) is 15.3. The fourth-order valence-electron chi connectivity index (χ4n) is 3.86.